The summed E-state index contributed by atoms with van der Waals surface area (Å²) in [5.74, 6) is 0.431. The van der Waals surface area contributed by atoms with Crippen LogP contribution in [-0.4, -0.2) is 13.3 Å². The zero-order valence-electron chi connectivity index (χ0n) is 10.9. The van der Waals surface area contributed by atoms with E-state index in [2.05, 4.69) is 5.32 Å². The summed E-state index contributed by atoms with van der Waals surface area (Å²) in [4.78, 5) is 10.0. The second kappa shape index (κ2) is 6.04. The Morgan fingerprint density at radius 1 is 1.14 bits per heavy atom. The van der Waals surface area contributed by atoms with Crippen LogP contribution in [0.3, 0.4) is 0 Å². The molecule has 21 heavy (non-hydrogen) atoms. The van der Waals surface area contributed by atoms with Crippen LogP contribution in [0.15, 0.2) is 45.9 Å². The van der Waals surface area contributed by atoms with Gasteiger partial charge >= 0.3 is 0 Å². The van der Waals surface area contributed by atoms with Gasteiger partial charge in [0.15, 0.2) is 0 Å². The number of sulfonamides is 1. The van der Waals surface area contributed by atoms with Crippen molar-refractivity contribution >= 4 is 15.7 Å². The fourth-order valence-corrected chi connectivity index (χ4v) is 2.15. The summed E-state index contributed by atoms with van der Waals surface area (Å²) in [6.45, 7) is 0.774. The molecule has 0 saturated heterocycles. The summed E-state index contributed by atoms with van der Waals surface area (Å²) >= 11 is 0. The van der Waals surface area contributed by atoms with Crippen LogP contribution in [-0.2, 0) is 23.1 Å². The van der Waals surface area contributed by atoms with Gasteiger partial charge in [0.1, 0.15) is 5.76 Å². The molecule has 8 nitrogen and oxygen atoms in total. The number of hydrogen-bond acceptors (Lipinski definition) is 6. The van der Waals surface area contributed by atoms with Gasteiger partial charge < -0.3 is 9.73 Å². The number of hydrogen-bond donors (Lipinski definition) is 2. The van der Waals surface area contributed by atoms with E-state index < -0.39 is 14.9 Å². The summed E-state index contributed by atoms with van der Waals surface area (Å²) in [6.07, 6.45) is 0. The molecule has 0 aliphatic heterocycles. The van der Waals surface area contributed by atoms with E-state index in [4.69, 9.17) is 9.56 Å². The first-order chi connectivity index (χ1) is 9.86. The molecule has 0 spiro atoms. The molecule has 0 amide bonds. The minimum atomic E-state index is -3.83. The molecule has 0 saturated carbocycles. The molecule has 0 fully saturated rings. The number of nitro benzene ring substituents is 1. The molecule has 9 heteroatoms. The van der Waals surface area contributed by atoms with Crippen molar-refractivity contribution in [1.29, 1.82) is 0 Å². The first-order valence-corrected chi connectivity index (χ1v) is 7.46. The summed E-state index contributed by atoms with van der Waals surface area (Å²) in [5, 5.41) is 18.2. The fraction of sp³-hybridized carbons (Fsp3) is 0.167. The van der Waals surface area contributed by atoms with Crippen LogP contribution in [0, 0.1) is 10.1 Å². The summed E-state index contributed by atoms with van der Waals surface area (Å²) < 4.78 is 27.1. The van der Waals surface area contributed by atoms with Gasteiger partial charge in [-0.3, -0.25) is 10.1 Å². The fourth-order valence-electron chi connectivity index (χ4n) is 1.67. The third kappa shape index (κ3) is 4.12. The molecule has 2 aromatic rings. The lowest BCUT2D eigenvalue weighted by Crippen LogP contribution is -2.13. The van der Waals surface area contributed by atoms with Crippen LogP contribution in [0.1, 0.15) is 11.3 Å². The van der Waals surface area contributed by atoms with Crippen LogP contribution >= 0.6 is 0 Å². The SMILES string of the molecule is NS(=O)(=O)c1ccc(CNCc2ccc([N+](=O)[O-])cc2)o1. The molecule has 2 rings (SSSR count). The van der Waals surface area contributed by atoms with E-state index in [1.807, 2.05) is 0 Å². The minimum absolute atomic E-state index is 0.0302. The number of nitrogens with one attached hydrogen (secondary N) is 1. The number of rotatable bonds is 6. The zero-order valence-corrected chi connectivity index (χ0v) is 11.7. The Kier molecular flexibility index (Phi) is 4.36. The van der Waals surface area contributed by atoms with Gasteiger partial charge in [-0.15, -0.1) is 0 Å². The minimum Gasteiger partial charge on any atom is -0.447 e. The maximum Gasteiger partial charge on any atom is 0.271 e. The predicted octanol–water partition coefficient (Wildman–Crippen LogP) is 1.13. The molecule has 1 aromatic heterocycles. The Balaban J connectivity index is 1.89. The Bertz CT molecular complexity index is 737. The highest BCUT2D eigenvalue weighted by molar-refractivity contribution is 7.89. The van der Waals surface area contributed by atoms with Crippen LogP contribution in [0.25, 0.3) is 0 Å². The second-order valence-corrected chi connectivity index (χ2v) is 5.79. The molecule has 0 aliphatic carbocycles. The molecule has 112 valence electrons. The van der Waals surface area contributed by atoms with Gasteiger partial charge in [-0.2, -0.15) is 0 Å². The number of non-ortho nitro benzene ring substituents is 1. The quantitative estimate of drug-likeness (QED) is 0.607. The number of nitrogens with zero attached hydrogens (tertiary/aromatic N) is 1. The first kappa shape index (κ1) is 15.2. The summed E-state index contributed by atoms with van der Waals surface area (Å²) in [5.41, 5.74) is 0.890. The third-order valence-corrected chi connectivity index (χ3v) is 3.47. The third-order valence-electron chi connectivity index (χ3n) is 2.69. The van der Waals surface area contributed by atoms with Crippen LogP contribution in [0.2, 0.25) is 0 Å². The maximum atomic E-state index is 11.0. The Labute approximate surface area is 120 Å². The summed E-state index contributed by atoms with van der Waals surface area (Å²) in [6, 6.07) is 8.93. The predicted molar refractivity (Wildman–Crippen MR) is 73.7 cm³/mol. The van der Waals surface area contributed by atoms with E-state index >= 15 is 0 Å². The molecule has 3 N–H and O–H groups in total. The van der Waals surface area contributed by atoms with Crippen molar-refractivity contribution in [3.63, 3.8) is 0 Å². The Morgan fingerprint density at radius 2 is 1.81 bits per heavy atom. The standard InChI is InChI=1S/C12H13N3O5S/c13-21(18,19)12-6-5-11(20-12)8-14-7-9-1-3-10(4-2-9)15(16)17/h1-6,14H,7-8H2,(H2,13,18,19). The number of furan rings is 1. The number of nitro groups is 1. The van der Waals surface area contributed by atoms with E-state index in [9.17, 15) is 18.5 Å². The van der Waals surface area contributed by atoms with E-state index in [0.717, 1.165) is 5.56 Å². The van der Waals surface area contributed by atoms with Crippen LogP contribution in [0.5, 0.6) is 0 Å². The van der Waals surface area contributed by atoms with Crippen molar-refractivity contribution in [2.75, 3.05) is 0 Å². The summed E-state index contributed by atoms with van der Waals surface area (Å²) in [7, 11) is -3.83. The smallest absolute Gasteiger partial charge is 0.271 e. The van der Waals surface area contributed by atoms with Crippen molar-refractivity contribution in [2.24, 2.45) is 5.14 Å². The first-order valence-electron chi connectivity index (χ1n) is 5.92. The van der Waals surface area contributed by atoms with E-state index in [1.54, 1.807) is 12.1 Å². The molecule has 0 bridgehead atoms. The van der Waals surface area contributed by atoms with Crippen molar-refractivity contribution < 1.29 is 17.8 Å². The average molecular weight is 311 g/mol. The topological polar surface area (TPSA) is 128 Å². The molecule has 0 aliphatic rings. The number of nitrogens with two attached hydrogens (primary N) is 1. The van der Waals surface area contributed by atoms with Gasteiger partial charge in [0, 0.05) is 18.7 Å². The van der Waals surface area contributed by atoms with Crippen molar-refractivity contribution in [3.05, 3.63) is 57.8 Å². The van der Waals surface area contributed by atoms with Crippen LogP contribution in [0.4, 0.5) is 5.69 Å². The Hall–Kier alpha value is -2.23. The lowest BCUT2D eigenvalue weighted by atomic mass is 10.2. The largest absolute Gasteiger partial charge is 0.447 e. The van der Waals surface area contributed by atoms with E-state index in [-0.39, 0.29) is 10.8 Å². The highest BCUT2D eigenvalue weighted by Crippen LogP contribution is 2.13. The molecule has 1 aromatic carbocycles. The van der Waals surface area contributed by atoms with E-state index in [1.165, 1.54) is 24.3 Å². The molecular formula is C12H13N3O5S. The van der Waals surface area contributed by atoms with Gasteiger partial charge in [-0.25, -0.2) is 13.6 Å². The van der Waals surface area contributed by atoms with Crippen LogP contribution < -0.4 is 10.5 Å². The van der Waals surface area contributed by atoms with Crippen molar-refractivity contribution in [3.8, 4) is 0 Å². The van der Waals surface area contributed by atoms with Gasteiger partial charge in [0.25, 0.3) is 15.7 Å². The van der Waals surface area contributed by atoms with Gasteiger partial charge in [-0.1, -0.05) is 12.1 Å². The van der Waals surface area contributed by atoms with Gasteiger partial charge in [0.05, 0.1) is 11.5 Å². The lowest BCUT2D eigenvalue weighted by molar-refractivity contribution is -0.384. The van der Waals surface area contributed by atoms with Crippen molar-refractivity contribution in [2.45, 2.75) is 18.2 Å². The lowest BCUT2D eigenvalue weighted by Gasteiger charge is -2.03. The maximum absolute atomic E-state index is 11.0. The molecule has 0 atom stereocenters. The van der Waals surface area contributed by atoms with Crippen molar-refractivity contribution in [1.82, 2.24) is 5.32 Å². The molecule has 0 radical (unpaired) electrons. The molecular weight excluding hydrogens is 298 g/mol. The normalized spacial score (nSPS) is 11.5. The Morgan fingerprint density at radius 3 is 2.33 bits per heavy atom. The highest BCUT2D eigenvalue weighted by Gasteiger charge is 2.12. The van der Waals surface area contributed by atoms with Gasteiger partial charge in [0.2, 0.25) is 5.09 Å². The number of benzene rings is 1. The molecule has 1 heterocycles. The zero-order chi connectivity index (χ0) is 15.5. The second-order valence-electron chi connectivity index (χ2n) is 4.29. The van der Waals surface area contributed by atoms with Gasteiger partial charge in [-0.05, 0) is 17.7 Å². The highest BCUT2D eigenvalue weighted by atomic mass is 32.2. The average Bonchev–Trinajstić information content (AvgIpc) is 2.88. The monoisotopic (exact) mass is 311 g/mol. The molecule has 0 unspecified atom stereocenters. The van der Waals surface area contributed by atoms with E-state index in [0.29, 0.717) is 18.8 Å². The number of primary sulfonamides is 1.